The Labute approximate surface area is 122 Å². The lowest BCUT2D eigenvalue weighted by Gasteiger charge is -2.21. The summed E-state index contributed by atoms with van der Waals surface area (Å²) in [5.74, 6) is -0.462. The lowest BCUT2D eigenvalue weighted by Crippen LogP contribution is -2.36. The summed E-state index contributed by atoms with van der Waals surface area (Å²) in [7, 11) is 0. The van der Waals surface area contributed by atoms with Crippen LogP contribution in [0.5, 0.6) is 0 Å². The molecule has 20 heavy (non-hydrogen) atoms. The maximum Gasteiger partial charge on any atom is 0.256 e. The largest absolute Gasteiger partial charge is 0.332 e. The number of halogens is 3. The molecule has 0 atom stereocenters. The summed E-state index contributed by atoms with van der Waals surface area (Å²) < 4.78 is 25.1. The Kier molecular flexibility index (Phi) is 4.94. The standard InChI is InChI=1S/C13H12BrF2N3O/c14-4-7-19(8-11(15)16)13(20)9-2-1-3-10-12(9)18-6-5-17-10/h1-3,5-6,11H,4,7-8H2. The molecule has 0 N–H and O–H groups in total. The van der Waals surface area contributed by atoms with E-state index in [-0.39, 0.29) is 12.1 Å². The summed E-state index contributed by atoms with van der Waals surface area (Å²) in [4.78, 5) is 21.7. The third-order valence-electron chi connectivity index (χ3n) is 2.73. The van der Waals surface area contributed by atoms with Crippen molar-refractivity contribution in [2.24, 2.45) is 0 Å². The van der Waals surface area contributed by atoms with Gasteiger partial charge in [0.05, 0.1) is 17.6 Å². The smallest absolute Gasteiger partial charge is 0.256 e. The zero-order valence-electron chi connectivity index (χ0n) is 10.5. The molecule has 0 bridgehead atoms. The fourth-order valence-electron chi connectivity index (χ4n) is 1.88. The normalized spacial score (nSPS) is 11.0. The summed E-state index contributed by atoms with van der Waals surface area (Å²) in [5.41, 5.74) is 1.28. The molecule has 0 aliphatic carbocycles. The Morgan fingerprint density at radius 3 is 2.75 bits per heavy atom. The predicted octanol–water partition coefficient (Wildman–Crippen LogP) is 2.73. The van der Waals surface area contributed by atoms with Crippen molar-refractivity contribution >= 4 is 32.9 Å². The number of hydrogen-bond acceptors (Lipinski definition) is 3. The van der Waals surface area contributed by atoms with Crippen LogP contribution in [-0.4, -0.2) is 45.6 Å². The van der Waals surface area contributed by atoms with Crippen LogP contribution in [0, 0.1) is 0 Å². The van der Waals surface area contributed by atoms with Crippen LogP contribution in [0.15, 0.2) is 30.6 Å². The van der Waals surface area contributed by atoms with Crippen molar-refractivity contribution in [2.45, 2.75) is 6.43 Å². The summed E-state index contributed by atoms with van der Waals surface area (Å²) >= 11 is 3.16. The summed E-state index contributed by atoms with van der Waals surface area (Å²) in [6.07, 6.45) is 0.423. The van der Waals surface area contributed by atoms with Gasteiger partial charge in [0.25, 0.3) is 12.3 Å². The molecule has 2 aromatic rings. The number of para-hydroxylation sites is 1. The molecule has 1 heterocycles. The molecule has 0 aliphatic rings. The van der Waals surface area contributed by atoms with E-state index in [1.807, 2.05) is 0 Å². The van der Waals surface area contributed by atoms with Gasteiger partial charge in [0.15, 0.2) is 0 Å². The zero-order valence-corrected chi connectivity index (χ0v) is 12.1. The van der Waals surface area contributed by atoms with E-state index in [2.05, 4.69) is 25.9 Å². The second kappa shape index (κ2) is 6.69. The van der Waals surface area contributed by atoms with Crippen molar-refractivity contribution in [3.63, 3.8) is 0 Å². The van der Waals surface area contributed by atoms with Crippen molar-refractivity contribution in [2.75, 3.05) is 18.4 Å². The van der Waals surface area contributed by atoms with E-state index >= 15 is 0 Å². The quantitative estimate of drug-likeness (QED) is 0.784. The maximum atomic E-state index is 12.6. The average Bonchev–Trinajstić information content (AvgIpc) is 2.45. The van der Waals surface area contributed by atoms with Gasteiger partial charge < -0.3 is 4.90 Å². The Bertz CT molecular complexity index is 604. The number of hydrogen-bond donors (Lipinski definition) is 0. The molecule has 1 aromatic carbocycles. The van der Waals surface area contributed by atoms with E-state index in [0.29, 0.717) is 16.4 Å². The van der Waals surface area contributed by atoms with Gasteiger partial charge >= 0.3 is 0 Å². The number of benzene rings is 1. The van der Waals surface area contributed by atoms with Gasteiger partial charge in [0, 0.05) is 24.3 Å². The van der Waals surface area contributed by atoms with Crippen molar-refractivity contribution < 1.29 is 13.6 Å². The highest BCUT2D eigenvalue weighted by molar-refractivity contribution is 9.09. The summed E-state index contributed by atoms with van der Waals surface area (Å²) in [6, 6.07) is 4.96. The van der Waals surface area contributed by atoms with Crippen molar-refractivity contribution in [3.05, 3.63) is 36.2 Å². The Morgan fingerprint density at radius 1 is 1.30 bits per heavy atom. The second-order valence-corrected chi connectivity index (χ2v) is 4.85. The number of carbonyl (C=O) groups is 1. The number of amides is 1. The minimum Gasteiger partial charge on any atom is -0.332 e. The molecule has 2 rings (SSSR count). The SMILES string of the molecule is O=C(c1cccc2nccnc12)N(CCBr)CC(F)F. The predicted molar refractivity (Wildman–Crippen MR) is 75.2 cm³/mol. The molecular weight excluding hydrogens is 332 g/mol. The van der Waals surface area contributed by atoms with Crippen LogP contribution in [0.4, 0.5) is 8.78 Å². The van der Waals surface area contributed by atoms with Crippen LogP contribution in [0.1, 0.15) is 10.4 Å². The molecule has 1 aromatic heterocycles. The third-order valence-corrected chi connectivity index (χ3v) is 3.08. The number of carbonyl (C=O) groups excluding carboxylic acids is 1. The fraction of sp³-hybridized carbons (Fsp3) is 0.308. The molecule has 0 fully saturated rings. The second-order valence-electron chi connectivity index (χ2n) is 4.06. The van der Waals surface area contributed by atoms with Gasteiger partial charge in [-0.05, 0) is 12.1 Å². The first kappa shape index (κ1) is 14.8. The van der Waals surface area contributed by atoms with E-state index in [4.69, 9.17) is 0 Å². The van der Waals surface area contributed by atoms with Crippen LogP contribution >= 0.6 is 15.9 Å². The van der Waals surface area contributed by atoms with Gasteiger partial charge in [-0.1, -0.05) is 22.0 Å². The monoisotopic (exact) mass is 343 g/mol. The Balaban J connectivity index is 2.38. The summed E-state index contributed by atoms with van der Waals surface area (Å²) in [5, 5.41) is 0.432. The number of aromatic nitrogens is 2. The molecule has 0 aliphatic heterocycles. The number of nitrogens with zero attached hydrogens (tertiary/aromatic N) is 3. The molecule has 1 amide bonds. The van der Waals surface area contributed by atoms with Crippen LogP contribution in [-0.2, 0) is 0 Å². The van der Waals surface area contributed by atoms with Crippen LogP contribution in [0.25, 0.3) is 11.0 Å². The first-order valence-corrected chi connectivity index (χ1v) is 7.08. The van der Waals surface area contributed by atoms with Crippen LogP contribution in [0.2, 0.25) is 0 Å². The molecule has 0 unspecified atom stereocenters. The fourth-order valence-corrected chi connectivity index (χ4v) is 2.31. The van der Waals surface area contributed by atoms with Gasteiger partial charge in [-0.3, -0.25) is 14.8 Å². The molecule has 7 heteroatoms. The molecule has 0 spiro atoms. The summed E-state index contributed by atoms with van der Waals surface area (Å²) in [6.45, 7) is -0.388. The van der Waals surface area contributed by atoms with Crippen molar-refractivity contribution in [1.82, 2.24) is 14.9 Å². The Hall–Kier alpha value is -1.63. The van der Waals surface area contributed by atoms with Gasteiger partial charge in [-0.15, -0.1) is 0 Å². The van der Waals surface area contributed by atoms with E-state index in [0.717, 1.165) is 4.90 Å². The minimum atomic E-state index is -2.57. The Morgan fingerprint density at radius 2 is 2.05 bits per heavy atom. The number of alkyl halides is 3. The van der Waals surface area contributed by atoms with Crippen LogP contribution < -0.4 is 0 Å². The highest BCUT2D eigenvalue weighted by Crippen LogP contribution is 2.16. The molecule has 106 valence electrons. The molecular formula is C13H12BrF2N3O. The van der Waals surface area contributed by atoms with Gasteiger partial charge in [0.2, 0.25) is 0 Å². The molecule has 4 nitrogen and oxygen atoms in total. The maximum absolute atomic E-state index is 12.6. The minimum absolute atomic E-state index is 0.208. The highest BCUT2D eigenvalue weighted by Gasteiger charge is 2.21. The first-order valence-electron chi connectivity index (χ1n) is 5.96. The number of rotatable bonds is 5. The third kappa shape index (κ3) is 3.27. The van der Waals surface area contributed by atoms with E-state index < -0.39 is 18.9 Å². The van der Waals surface area contributed by atoms with Gasteiger partial charge in [-0.2, -0.15) is 0 Å². The lowest BCUT2D eigenvalue weighted by molar-refractivity contribution is 0.0574. The van der Waals surface area contributed by atoms with E-state index in [9.17, 15) is 13.6 Å². The zero-order chi connectivity index (χ0) is 14.5. The van der Waals surface area contributed by atoms with Crippen molar-refractivity contribution in [3.8, 4) is 0 Å². The van der Waals surface area contributed by atoms with Gasteiger partial charge in [0.1, 0.15) is 5.52 Å². The van der Waals surface area contributed by atoms with Crippen molar-refractivity contribution in [1.29, 1.82) is 0 Å². The number of fused-ring (bicyclic) bond motifs is 1. The van der Waals surface area contributed by atoms with Gasteiger partial charge in [-0.25, -0.2) is 8.78 Å². The first-order chi connectivity index (χ1) is 9.63. The average molecular weight is 344 g/mol. The highest BCUT2D eigenvalue weighted by atomic mass is 79.9. The van der Waals surface area contributed by atoms with E-state index in [1.165, 1.54) is 12.4 Å². The lowest BCUT2D eigenvalue weighted by atomic mass is 10.1. The van der Waals surface area contributed by atoms with E-state index in [1.54, 1.807) is 18.2 Å². The molecule has 0 saturated heterocycles. The molecule has 0 radical (unpaired) electrons. The molecule has 0 saturated carbocycles. The topological polar surface area (TPSA) is 46.1 Å². The van der Waals surface area contributed by atoms with Crippen LogP contribution in [0.3, 0.4) is 0 Å².